The van der Waals surface area contributed by atoms with Crippen molar-refractivity contribution in [3.8, 4) is 0 Å². The first-order valence-corrected chi connectivity index (χ1v) is 12.8. The maximum atomic E-state index is 5.93. The van der Waals surface area contributed by atoms with E-state index in [0.717, 1.165) is 61.0 Å². The van der Waals surface area contributed by atoms with Crippen LogP contribution in [0.15, 0.2) is 66.7 Å². The van der Waals surface area contributed by atoms with Crippen LogP contribution in [0, 0.1) is 5.41 Å². The minimum Gasteiger partial charge on any atom is -0.384 e. The first-order chi connectivity index (χ1) is 16.9. The minimum absolute atomic E-state index is 0.201. The van der Waals surface area contributed by atoms with Crippen LogP contribution in [0.25, 0.3) is 27.4 Å². The van der Waals surface area contributed by atoms with E-state index < -0.39 is 0 Å². The van der Waals surface area contributed by atoms with E-state index >= 15 is 0 Å². The Labute approximate surface area is 211 Å². The van der Waals surface area contributed by atoms with E-state index in [1.165, 1.54) is 16.5 Å². The molecule has 2 aromatic heterocycles. The van der Waals surface area contributed by atoms with Gasteiger partial charge in [-0.3, -0.25) is 9.82 Å². The minimum atomic E-state index is 0.201. The van der Waals surface area contributed by atoms with Crippen LogP contribution >= 0.6 is 0 Å². The number of hydroxylamine groups is 2. The Kier molecular flexibility index (Phi) is 9.76. The topological polar surface area (TPSA) is 53.2 Å². The monoisotopic (exact) mass is 472 g/mol. The third-order valence-corrected chi connectivity index (χ3v) is 6.53. The summed E-state index contributed by atoms with van der Waals surface area (Å²) < 4.78 is 0. The molecule has 0 unspecified atom stereocenters. The summed E-state index contributed by atoms with van der Waals surface area (Å²) in [6.45, 7) is 11.1. The molecule has 0 fully saturated rings. The molecule has 0 amide bonds. The Morgan fingerprint density at radius 2 is 2.03 bits per heavy atom. The average Bonchev–Trinajstić information content (AvgIpc) is 3.24. The second-order valence-electron chi connectivity index (χ2n) is 9.90. The number of fused-ring (bicyclic) bond motifs is 3. The van der Waals surface area contributed by atoms with Crippen molar-refractivity contribution >= 4 is 35.2 Å². The number of nitrogens with zero attached hydrogens (tertiary/aromatic N) is 2. The van der Waals surface area contributed by atoms with Crippen molar-refractivity contribution in [1.29, 1.82) is 0 Å². The Bertz CT molecular complexity index is 1190. The largest absolute Gasteiger partial charge is 0.384 e. The van der Waals surface area contributed by atoms with Crippen molar-refractivity contribution in [2.24, 2.45) is 5.41 Å². The van der Waals surface area contributed by atoms with Gasteiger partial charge in [0.15, 0.2) is 0 Å². The summed E-state index contributed by atoms with van der Waals surface area (Å²) in [5.74, 6) is 0. The average molecular weight is 472 g/mol. The summed E-state index contributed by atoms with van der Waals surface area (Å²) in [5, 5.41) is 7.89. The number of rotatable bonds is 13. The first kappa shape index (κ1) is 26.8. The van der Waals surface area contributed by atoms with Crippen LogP contribution in [0.4, 0.5) is 0 Å². The summed E-state index contributed by atoms with van der Waals surface area (Å²) >= 11 is 0. The van der Waals surface area contributed by atoms with Gasteiger partial charge in [-0.15, -0.1) is 0 Å². The van der Waals surface area contributed by atoms with Gasteiger partial charge >= 0.3 is 0 Å². The summed E-state index contributed by atoms with van der Waals surface area (Å²) in [6.07, 6.45) is 15.8. The van der Waals surface area contributed by atoms with Crippen LogP contribution in [0.1, 0.15) is 46.1 Å². The van der Waals surface area contributed by atoms with Gasteiger partial charge in [0.05, 0.1) is 6.61 Å². The van der Waals surface area contributed by atoms with Crippen LogP contribution in [0.3, 0.4) is 0 Å². The van der Waals surface area contributed by atoms with Gasteiger partial charge in [0, 0.05) is 60.0 Å². The number of hydrogen-bond donors (Lipinski definition) is 2. The van der Waals surface area contributed by atoms with Crippen LogP contribution in [-0.2, 0) is 4.84 Å². The normalized spacial score (nSPS) is 13.5. The van der Waals surface area contributed by atoms with Gasteiger partial charge in [-0.25, -0.2) is 0 Å². The van der Waals surface area contributed by atoms with E-state index in [2.05, 4.69) is 93.3 Å². The van der Waals surface area contributed by atoms with Crippen molar-refractivity contribution in [2.45, 2.75) is 46.9 Å². The lowest BCUT2D eigenvalue weighted by atomic mass is 9.80. The second-order valence-corrected chi connectivity index (χ2v) is 9.90. The van der Waals surface area contributed by atoms with E-state index in [1.54, 1.807) is 0 Å². The Morgan fingerprint density at radius 1 is 1.20 bits per heavy atom. The van der Waals surface area contributed by atoms with E-state index in [0.29, 0.717) is 0 Å². The molecule has 2 N–H and O–H groups in total. The number of likely N-dealkylation sites (N-methyl/N-ethyl adjacent to an activating group) is 1. The fraction of sp³-hybridized carbons (Fsp3) is 0.414. The molecular formula is C29H41BN4O. The zero-order valence-electron chi connectivity index (χ0n) is 22.3. The molecule has 5 nitrogen and oxygen atoms in total. The zero-order chi connectivity index (χ0) is 25.3. The van der Waals surface area contributed by atoms with Gasteiger partial charge in [-0.05, 0) is 48.1 Å². The van der Waals surface area contributed by atoms with E-state index in [-0.39, 0.29) is 5.41 Å². The Morgan fingerprint density at radius 3 is 2.77 bits per heavy atom. The van der Waals surface area contributed by atoms with Crippen molar-refractivity contribution in [3.05, 3.63) is 72.2 Å². The van der Waals surface area contributed by atoms with Crippen molar-refractivity contribution in [3.63, 3.8) is 0 Å². The quantitative estimate of drug-likeness (QED) is 0.185. The highest BCUT2D eigenvalue weighted by Crippen LogP contribution is 2.28. The highest BCUT2D eigenvalue weighted by Gasteiger charge is 2.16. The van der Waals surface area contributed by atoms with Crippen molar-refractivity contribution < 1.29 is 4.84 Å². The molecular weight excluding hydrogens is 431 g/mol. The number of aromatic nitrogens is 2. The van der Waals surface area contributed by atoms with Gasteiger partial charge in [-0.2, -0.15) is 5.06 Å². The van der Waals surface area contributed by atoms with Crippen molar-refractivity contribution in [1.82, 2.24) is 20.3 Å². The molecule has 0 saturated carbocycles. The van der Waals surface area contributed by atoms with Gasteiger partial charge < -0.3 is 10.3 Å². The van der Waals surface area contributed by atoms with Crippen molar-refractivity contribution in [2.75, 3.05) is 26.7 Å². The lowest BCUT2D eigenvalue weighted by Crippen LogP contribution is -2.32. The molecule has 3 aromatic rings. The Balaban J connectivity index is 1.65. The zero-order valence-corrected chi connectivity index (χ0v) is 22.3. The number of pyridine rings is 1. The highest BCUT2D eigenvalue weighted by molar-refractivity contribution is 6.09. The molecule has 1 aromatic carbocycles. The summed E-state index contributed by atoms with van der Waals surface area (Å²) in [5.41, 5.74) is 5.98. The third kappa shape index (κ3) is 7.58. The van der Waals surface area contributed by atoms with Gasteiger partial charge in [0.1, 0.15) is 7.85 Å². The number of unbranched alkanes of at least 4 members (excludes halogenated alkanes) is 1. The molecule has 35 heavy (non-hydrogen) atoms. The van der Waals surface area contributed by atoms with E-state index in [4.69, 9.17) is 4.84 Å². The predicted molar refractivity (Wildman–Crippen MR) is 153 cm³/mol. The maximum absolute atomic E-state index is 5.93. The second kappa shape index (κ2) is 12.8. The van der Waals surface area contributed by atoms with Crippen LogP contribution < -0.4 is 5.32 Å². The third-order valence-electron chi connectivity index (χ3n) is 6.53. The standard InChI is InChI=1S/C29H41BN4O/c1-6-8-9-24(32-16-17-34(5)35-21-29(3,4)20-30)12-10-22(7-2)23-11-13-25-26-19-31-15-14-27(26)33-28(25)18-23/h7,9-15,18-19,32-33H,6,8,16-17,20-21,30H2,1-5H3/b12-10-,22-7+,24-9-. The SMILES string of the molecule is BCC(C)(C)CON(C)CCNC(/C=C\C(=C/C)c1ccc2c(c1)[nH]c1ccncc12)=C\CCC. The first-order valence-electron chi connectivity index (χ1n) is 12.8. The fourth-order valence-electron chi connectivity index (χ4n) is 3.77. The van der Waals surface area contributed by atoms with Crippen LogP contribution in [-0.4, -0.2) is 49.6 Å². The molecule has 0 bridgehead atoms. The number of benzene rings is 1. The maximum Gasteiger partial charge on any atom is 0.102 e. The lowest BCUT2D eigenvalue weighted by molar-refractivity contribution is -0.159. The lowest BCUT2D eigenvalue weighted by Gasteiger charge is -2.26. The number of H-pyrrole nitrogens is 1. The molecule has 0 saturated heterocycles. The Hall–Kier alpha value is -2.83. The van der Waals surface area contributed by atoms with Gasteiger partial charge in [0.25, 0.3) is 0 Å². The number of nitrogens with one attached hydrogen (secondary N) is 2. The number of hydrogen-bond acceptors (Lipinski definition) is 4. The fourth-order valence-corrected chi connectivity index (χ4v) is 3.77. The molecule has 0 aliphatic carbocycles. The van der Waals surface area contributed by atoms with Crippen LogP contribution in [0.5, 0.6) is 0 Å². The molecule has 0 spiro atoms. The number of allylic oxidation sites excluding steroid dienone is 5. The van der Waals surface area contributed by atoms with Gasteiger partial charge in [-0.1, -0.05) is 63.9 Å². The van der Waals surface area contributed by atoms with Crippen LogP contribution in [0.2, 0.25) is 6.32 Å². The predicted octanol–water partition coefficient (Wildman–Crippen LogP) is 5.89. The molecule has 0 aliphatic heterocycles. The molecule has 0 radical (unpaired) electrons. The molecule has 186 valence electrons. The smallest absolute Gasteiger partial charge is 0.102 e. The highest BCUT2D eigenvalue weighted by atomic mass is 16.7. The summed E-state index contributed by atoms with van der Waals surface area (Å²) in [6, 6.07) is 8.62. The van der Waals surface area contributed by atoms with E-state index in [9.17, 15) is 0 Å². The molecule has 0 atom stereocenters. The molecule has 2 heterocycles. The molecule has 3 rings (SSSR count). The molecule has 6 heteroatoms. The summed E-state index contributed by atoms with van der Waals surface area (Å²) in [7, 11) is 4.21. The molecule has 0 aliphatic rings. The number of aromatic amines is 1. The van der Waals surface area contributed by atoms with E-state index in [1.807, 2.05) is 30.6 Å². The summed E-state index contributed by atoms with van der Waals surface area (Å²) in [4.78, 5) is 13.7. The van der Waals surface area contributed by atoms with Gasteiger partial charge in [0.2, 0.25) is 0 Å².